The smallest absolute Gasteiger partial charge is 0.200 e. The average Bonchev–Trinajstić information content (AvgIpc) is 2.01. The fourth-order valence-corrected chi connectivity index (χ4v) is 2.24. The third kappa shape index (κ3) is 1.96. The molecule has 1 heterocycles. The zero-order valence-electron chi connectivity index (χ0n) is 5.78. The van der Waals surface area contributed by atoms with Gasteiger partial charge in [-0.1, -0.05) is 6.58 Å². The predicted molar refractivity (Wildman–Crippen MR) is 48.7 cm³/mol. The van der Waals surface area contributed by atoms with Crippen LogP contribution in [0.3, 0.4) is 0 Å². The summed E-state index contributed by atoms with van der Waals surface area (Å²) < 4.78 is 41.1. The van der Waals surface area contributed by atoms with Crippen molar-refractivity contribution >= 4 is 24.4 Å². The first-order chi connectivity index (χ1) is 5.65. The van der Waals surface area contributed by atoms with Gasteiger partial charge in [0.05, 0.1) is 6.26 Å². The summed E-state index contributed by atoms with van der Waals surface area (Å²) in [5.74, 6) is -2.63. The molecule has 0 fully saturated rings. The van der Waals surface area contributed by atoms with Crippen LogP contribution < -0.4 is 0 Å². The molecule has 0 atom stereocenters. The van der Waals surface area contributed by atoms with E-state index < -0.39 is 36.2 Å². The van der Waals surface area contributed by atoms with Crippen molar-refractivity contribution in [2.75, 3.05) is 0 Å². The normalized spacial score (nSPS) is 17.6. The van der Waals surface area contributed by atoms with E-state index in [4.69, 9.17) is 0 Å². The molecule has 1 aliphatic heterocycles. The van der Waals surface area contributed by atoms with E-state index in [9.17, 15) is 13.2 Å². The van der Waals surface area contributed by atoms with Crippen molar-refractivity contribution in [1.82, 2.24) is 0 Å². The lowest BCUT2D eigenvalue weighted by Gasteiger charge is -2.04. The molecule has 0 saturated carbocycles. The van der Waals surface area contributed by atoms with E-state index in [1.807, 2.05) is 0 Å². The Balaban J connectivity index is 2.98. The summed E-state index contributed by atoms with van der Waals surface area (Å²) in [6, 6.07) is 0. The molecule has 0 N–H and O–H groups in total. The molecule has 0 aliphatic carbocycles. The summed E-state index contributed by atoms with van der Waals surface area (Å²) in [6.07, 6.45) is 1.89. The first-order valence-electron chi connectivity index (χ1n) is 2.87. The molecule has 0 spiro atoms. The maximum absolute atomic E-state index is 12.5. The quantitative estimate of drug-likeness (QED) is 0.560. The van der Waals surface area contributed by atoms with E-state index in [0.717, 1.165) is 12.3 Å². The zero-order chi connectivity index (χ0) is 9.14. The van der Waals surface area contributed by atoms with Crippen LogP contribution in [0.25, 0.3) is 0 Å². The molecule has 1 aliphatic rings. The lowest BCUT2D eigenvalue weighted by molar-refractivity contribution is 0.483. The predicted octanol–water partition coefficient (Wildman–Crippen LogP) is 3.22. The van der Waals surface area contributed by atoms with Crippen LogP contribution in [0.4, 0.5) is 13.2 Å². The van der Waals surface area contributed by atoms with Crippen molar-refractivity contribution in [3.63, 3.8) is 0 Å². The van der Waals surface area contributed by atoms with Crippen LogP contribution in [-0.2, 0) is 4.74 Å². The molecule has 0 aromatic heterocycles. The number of allylic oxidation sites excluding steroid dienone is 2. The van der Waals surface area contributed by atoms with Crippen LogP contribution in [0.15, 0.2) is 34.4 Å². The Hall–Kier alpha value is -0.590. The Kier molecular flexibility index (Phi) is 3.07. The van der Waals surface area contributed by atoms with Crippen molar-refractivity contribution in [3.05, 3.63) is 34.4 Å². The highest BCUT2D eigenvalue weighted by Gasteiger charge is 2.17. The van der Waals surface area contributed by atoms with E-state index >= 15 is 0 Å². The fraction of sp³-hybridized carbons (Fsp3) is 0. The summed E-state index contributed by atoms with van der Waals surface area (Å²) in [4.78, 5) is 0. The molecule has 66 valence electrons. The van der Waals surface area contributed by atoms with E-state index in [2.05, 4.69) is 11.3 Å². The number of hydrogen-bond acceptors (Lipinski definition) is 1. The van der Waals surface area contributed by atoms with Gasteiger partial charge in [-0.2, -0.15) is 8.78 Å². The molecule has 5 heteroatoms. The Labute approximate surface area is 77.0 Å². The average molecular weight is 288 g/mol. The lowest BCUT2D eigenvalue weighted by Crippen LogP contribution is -1.97. The van der Waals surface area contributed by atoms with Crippen molar-refractivity contribution in [3.8, 4) is 0 Å². The number of ether oxygens (including phenoxy) is 1. The summed E-state index contributed by atoms with van der Waals surface area (Å²) in [7, 11) is 0. The second kappa shape index (κ2) is 3.88. The maximum atomic E-state index is 12.5. The number of rotatable bonds is 2. The molecule has 0 saturated heterocycles. The topological polar surface area (TPSA) is 9.23 Å². The van der Waals surface area contributed by atoms with Crippen LogP contribution >= 0.6 is 20.7 Å². The minimum atomic E-state index is -1.40. The van der Waals surface area contributed by atoms with Crippen LogP contribution in [-0.4, -0.2) is 3.69 Å². The molecular formula is C7H4F3IO. The summed E-state index contributed by atoms with van der Waals surface area (Å²) in [5, 5.41) is 0. The van der Waals surface area contributed by atoms with Gasteiger partial charge in [-0.3, -0.25) is 0 Å². The third-order valence-electron chi connectivity index (χ3n) is 0.988. The molecular weight excluding hydrogens is 284 g/mol. The van der Waals surface area contributed by atoms with Crippen LogP contribution in [0.5, 0.6) is 0 Å². The third-order valence-corrected chi connectivity index (χ3v) is 3.03. The minimum absolute atomic E-state index is 0.111. The molecule has 0 radical (unpaired) electrons. The van der Waals surface area contributed by atoms with Crippen molar-refractivity contribution < 1.29 is 17.9 Å². The molecule has 0 unspecified atom stereocenters. The van der Waals surface area contributed by atoms with Crippen LogP contribution in [0, 0.1) is 0 Å². The van der Waals surface area contributed by atoms with Crippen LogP contribution in [0.1, 0.15) is 0 Å². The van der Waals surface area contributed by atoms with Gasteiger partial charge in [0.2, 0.25) is 0 Å². The molecule has 0 aromatic rings. The maximum Gasteiger partial charge on any atom is 0.200 e. The van der Waals surface area contributed by atoms with Gasteiger partial charge in [0.15, 0.2) is 19.2 Å². The first kappa shape index (κ1) is 9.50. The fourth-order valence-electron chi connectivity index (χ4n) is 0.540. The highest BCUT2D eigenvalue weighted by molar-refractivity contribution is 14.2. The van der Waals surface area contributed by atoms with Gasteiger partial charge in [0, 0.05) is 6.08 Å². The molecule has 12 heavy (non-hydrogen) atoms. The van der Waals surface area contributed by atoms with Gasteiger partial charge < -0.3 is 4.74 Å². The SMILES string of the molecule is C=COC1=IC(F)=C(F)C(F)=C1. The van der Waals surface area contributed by atoms with Gasteiger partial charge in [0.1, 0.15) is 0 Å². The molecule has 1 rings (SSSR count). The second-order valence-corrected chi connectivity index (χ2v) is 4.30. The summed E-state index contributed by atoms with van der Waals surface area (Å²) in [6.45, 7) is 3.21. The Morgan fingerprint density at radius 3 is 2.58 bits per heavy atom. The first-order valence-corrected chi connectivity index (χ1v) is 5.03. The largest absolute Gasteiger partial charge is 0.459 e. The van der Waals surface area contributed by atoms with Crippen molar-refractivity contribution in [2.24, 2.45) is 0 Å². The molecule has 0 aromatic carbocycles. The van der Waals surface area contributed by atoms with Gasteiger partial charge in [-0.25, -0.2) is 4.39 Å². The van der Waals surface area contributed by atoms with Crippen molar-refractivity contribution in [1.29, 1.82) is 0 Å². The Morgan fingerprint density at radius 1 is 1.42 bits per heavy atom. The molecule has 0 bridgehead atoms. The summed E-state index contributed by atoms with van der Waals surface area (Å²) >= 11 is -1.34. The van der Waals surface area contributed by atoms with Crippen molar-refractivity contribution in [2.45, 2.75) is 0 Å². The highest BCUT2D eigenvalue weighted by Crippen LogP contribution is 2.33. The number of halogens is 4. The van der Waals surface area contributed by atoms with Gasteiger partial charge in [-0.15, -0.1) is 0 Å². The van der Waals surface area contributed by atoms with E-state index in [0.29, 0.717) is 0 Å². The highest BCUT2D eigenvalue weighted by atomic mass is 127. The van der Waals surface area contributed by atoms with Gasteiger partial charge in [-0.05, 0) is 20.7 Å². The zero-order valence-corrected chi connectivity index (χ0v) is 7.94. The Bertz CT molecular complexity index is 304. The number of hydrogen-bond donors (Lipinski definition) is 0. The molecule has 0 amide bonds. The lowest BCUT2D eigenvalue weighted by atomic mass is 10.4. The molecule has 1 nitrogen and oxygen atoms in total. The summed E-state index contributed by atoms with van der Waals surface area (Å²) in [5.41, 5.74) is 0. The monoisotopic (exact) mass is 288 g/mol. The van der Waals surface area contributed by atoms with Crippen LogP contribution in [0.2, 0.25) is 0 Å². The standard InChI is InChI=1S/C7H4F3IO/c1-2-12-5-3-4(8)6(9)7(10)11-5/h2-3H,1H2. The second-order valence-electron chi connectivity index (χ2n) is 1.75. The Morgan fingerprint density at radius 2 is 2.08 bits per heavy atom. The van der Waals surface area contributed by atoms with Gasteiger partial charge >= 0.3 is 0 Å². The minimum Gasteiger partial charge on any atom is -0.459 e. The van der Waals surface area contributed by atoms with E-state index in [1.165, 1.54) is 0 Å². The van der Waals surface area contributed by atoms with E-state index in [-0.39, 0.29) is 3.69 Å². The van der Waals surface area contributed by atoms with E-state index in [1.54, 1.807) is 0 Å². The van der Waals surface area contributed by atoms with Gasteiger partial charge in [0.25, 0.3) is 0 Å².